The number of nitrogens with one attached hydrogen (secondary N) is 1. The Balaban J connectivity index is 1.78. The lowest BCUT2D eigenvalue weighted by Crippen LogP contribution is -2.37. The van der Waals surface area contributed by atoms with Gasteiger partial charge in [0.2, 0.25) is 5.76 Å². The molecule has 0 bridgehead atoms. The van der Waals surface area contributed by atoms with E-state index < -0.39 is 11.9 Å². The zero-order valence-corrected chi connectivity index (χ0v) is 11.1. The number of carboxylic acid groups (broad SMARTS) is 1. The first kappa shape index (κ1) is 14.5. The van der Waals surface area contributed by atoms with Gasteiger partial charge in [-0.15, -0.1) is 0 Å². The maximum Gasteiger partial charge on any atom is 0.371 e. The predicted octanol–water partition coefficient (Wildman–Crippen LogP) is 0.902. The highest BCUT2D eigenvalue weighted by atomic mass is 16.5. The Labute approximate surface area is 115 Å². The van der Waals surface area contributed by atoms with Crippen molar-refractivity contribution in [2.75, 3.05) is 19.8 Å². The van der Waals surface area contributed by atoms with Crippen LogP contribution in [0, 0.1) is 0 Å². The molecular formula is C13H17NO6. The molecule has 7 nitrogen and oxygen atoms in total. The van der Waals surface area contributed by atoms with E-state index in [1.807, 2.05) is 0 Å². The maximum absolute atomic E-state index is 11.8. The molecule has 0 aromatic carbocycles. The molecule has 0 spiro atoms. The van der Waals surface area contributed by atoms with E-state index in [0.717, 1.165) is 6.42 Å². The minimum atomic E-state index is -1.21. The SMILES string of the molecule is CC(COC1CCOC1)NC(=O)c1ccc(C(=O)O)o1. The van der Waals surface area contributed by atoms with Crippen LogP contribution in [-0.4, -0.2) is 48.9 Å². The highest BCUT2D eigenvalue weighted by molar-refractivity contribution is 5.93. The van der Waals surface area contributed by atoms with E-state index in [0.29, 0.717) is 19.8 Å². The highest BCUT2D eigenvalue weighted by Crippen LogP contribution is 2.10. The summed E-state index contributed by atoms with van der Waals surface area (Å²) in [5.41, 5.74) is 0. The quantitative estimate of drug-likeness (QED) is 0.805. The number of carboxylic acids is 1. The Kier molecular flexibility index (Phi) is 4.75. The molecule has 0 radical (unpaired) electrons. The molecule has 2 N–H and O–H groups in total. The van der Waals surface area contributed by atoms with Gasteiger partial charge in [-0.25, -0.2) is 4.79 Å². The Morgan fingerprint density at radius 1 is 1.50 bits per heavy atom. The smallest absolute Gasteiger partial charge is 0.371 e. The van der Waals surface area contributed by atoms with E-state index in [1.165, 1.54) is 12.1 Å². The van der Waals surface area contributed by atoms with Gasteiger partial charge in [-0.3, -0.25) is 4.79 Å². The van der Waals surface area contributed by atoms with Crippen LogP contribution in [0.25, 0.3) is 0 Å². The van der Waals surface area contributed by atoms with Gasteiger partial charge in [0.25, 0.3) is 5.91 Å². The number of furan rings is 1. The van der Waals surface area contributed by atoms with Gasteiger partial charge >= 0.3 is 5.97 Å². The predicted molar refractivity (Wildman–Crippen MR) is 67.8 cm³/mol. The average Bonchev–Trinajstić information content (AvgIpc) is 3.07. The van der Waals surface area contributed by atoms with E-state index in [4.69, 9.17) is 19.0 Å². The summed E-state index contributed by atoms with van der Waals surface area (Å²) in [7, 11) is 0. The van der Waals surface area contributed by atoms with Crippen molar-refractivity contribution in [3.63, 3.8) is 0 Å². The summed E-state index contributed by atoms with van der Waals surface area (Å²) in [6.07, 6.45) is 0.942. The number of amides is 1. The third kappa shape index (κ3) is 3.82. The summed E-state index contributed by atoms with van der Waals surface area (Å²) in [6.45, 7) is 3.46. The number of ether oxygens (including phenoxy) is 2. The molecule has 2 rings (SSSR count). The van der Waals surface area contributed by atoms with E-state index in [9.17, 15) is 9.59 Å². The molecule has 20 heavy (non-hydrogen) atoms. The van der Waals surface area contributed by atoms with E-state index in [1.54, 1.807) is 6.92 Å². The van der Waals surface area contributed by atoms with Crippen LogP contribution < -0.4 is 5.32 Å². The second-order valence-electron chi connectivity index (χ2n) is 4.66. The monoisotopic (exact) mass is 283 g/mol. The fourth-order valence-corrected chi connectivity index (χ4v) is 1.84. The number of aromatic carboxylic acids is 1. The molecule has 110 valence electrons. The molecule has 2 heterocycles. The molecule has 0 aliphatic carbocycles. The largest absolute Gasteiger partial charge is 0.475 e. The van der Waals surface area contributed by atoms with E-state index in [-0.39, 0.29) is 23.7 Å². The summed E-state index contributed by atoms with van der Waals surface area (Å²) < 4.78 is 15.7. The Morgan fingerprint density at radius 2 is 2.25 bits per heavy atom. The molecule has 1 amide bonds. The van der Waals surface area contributed by atoms with Crippen molar-refractivity contribution in [1.29, 1.82) is 0 Å². The molecule has 1 aliphatic rings. The van der Waals surface area contributed by atoms with E-state index >= 15 is 0 Å². The second-order valence-corrected chi connectivity index (χ2v) is 4.66. The molecule has 1 fully saturated rings. The number of carbonyl (C=O) groups is 2. The Hall–Kier alpha value is -1.86. The highest BCUT2D eigenvalue weighted by Gasteiger charge is 2.19. The lowest BCUT2D eigenvalue weighted by molar-refractivity contribution is 0.0315. The van der Waals surface area contributed by atoms with E-state index in [2.05, 4.69) is 5.32 Å². The van der Waals surface area contributed by atoms with Crippen LogP contribution >= 0.6 is 0 Å². The molecule has 7 heteroatoms. The lowest BCUT2D eigenvalue weighted by Gasteiger charge is -2.16. The molecule has 1 saturated heterocycles. The van der Waals surface area contributed by atoms with Crippen LogP contribution in [0.15, 0.2) is 16.5 Å². The minimum Gasteiger partial charge on any atom is -0.475 e. The van der Waals surface area contributed by atoms with Crippen molar-refractivity contribution in [3.8, 4) is 0 Å². The first-order valence-corrected chi connectivity index (χ1v) is 6.39. The van der Waals surface area contributed by atoms with Gasteiger partial charge in [0.1, 0.15) is 0 Å². The third-order valence-electron chi connectivity index (χ3n) is 2.89. The fourth-order valence-electron chi connectivity index (χ4n) is 1.84. The van der Waals surface area contributed by atoms with Crippen LogP contribution in [-0.2, 0) is 9.47 Å². The van der Waals surface area contributed by atoms with Crippen LogP contribution in [0.3, 0.4) is 0 Å². The summed E-state index contributed by atoms with van der Waals surface area (Å²) >= 11 is 0. The molecule has 0 saturated carbocycles. The molecular weight excluding hydrogens is 266 g/mol. The summed E-state index contributed by atoms with van der Waals surface area (Å²) in [6, 6.07) is 2.37. The number of carbonyl (C=O) groups excluding carboxylic acids is 1. The molecule has 1 aromatic heterocycles. The van der Waals surface area contributed by atoms with Crippen molar-refractivity contribution in [1.82, 2.24) is 5.32 Å². The third-order valence-corrected chi connectivity index (χ3v) is 2.89. The minimum absolute atomic E-state index is 0.0292. The summed E-state index contributed by atoms with van der Waals surface area (Å²) in [5.74, 6) is -1.96. The summed E-state index contributed by atoms with van der Waals surface area (Å²) in [4.78, 5) is 22.5. The van der Waals surface area contributed by atoms with Crippen molar-refractivity contribution in [2.45, 2.75) is 25.5 Å². The van der Waals surface area contributed by atoms with Crippen molar-refractivity contribution >= 4 is 11.9 Å². The Bertz CT molecular complexity index is 477. The van der Waals surface area contributed by atoms with Crippen LogP contribution in [0.5, 0.6) is 0 Å². The standard InChI is InChI=1S/C13H17NO6/c1-8(6-19-9-4-5-18-7-9)14-12(15)10-2-3-11(20-10)13(16)17/h2-3,8-9H,4-7H2,1H3,(H,14,15)(H,16,17). The average molecular weight is 283 g/mol. The first-order chi connectivity index (χ1) is 9.56. The molecule has 2 unspecified atom stereocenters. The lowest BCUT2D eigenvalue weighted by atomic mass is 10.3. The topological polar surface area (TPSA) is 98.0 Å². The van der Waals surface area contributed by atoms with Crippen molar-refractivity contribution < 1.29 is 28.6 Å². The van der Waals surface area contributed by atoms with Crippen molar-refractivity contribution in [3.05, 3.63) is 23.7 Å². The first-order valence-electron chi connectivity index (χ1n) is 6.39. The number of rotatable bonds is 6. The zero-order valence-electron chi connectivity index (χ0n) is 11.1. The van der Waals surface area contributed by atoms with Gasteiger partial charge in [-0.1, -0.05) is 0 Å². The Morgan fingerprint density at radius 3 is 2.85 bits per heavy atom. The zero-order chi connectivity index (χ0) is 14.5. The van der Waals surface area contributed by atoms with Gasteiger partial charge in [0.15, 0.2) is 5.76 Å². The van der Waals surface area contributed by atoms with Gasteiger partial charge in [-0.05, 0) is 25.5 Å². The molecule has 1 aliphatic heterocycles. The fraction of sp³-hybridized carbons (Fsp3) is 0.538. The van der Waals surface area contributed by atoms with Gasteiger partial charge in [0, 0.05) is 12.6 Å². The van der Waals surface area contributed by atoms with Gasteiger partial charge in [0.05, 0.1) is 19.3 Å². The number of hydrogen-bond donors (Lipinski definition) is 2. The van der Waals surface area contributed by atoms with Gasteiger partial charge in [-0.2, -0.15) is 0 Å². The van der Waals surface area contributed by atoms with Crippen LogP contribution in [0.4, 0.5) is 0 Å². The number of hydrogen-bond acceptors (Lipinski definition) is 5. The molecule has 1 aromatic rings. The molecule has 2 atom stereocenters. The summed E-state index contributed by atoms with van der Waals surface area (Å²) in [5, 5.41) is 11.4. The maximum atomic E-state index is 11.8. The van der Waals surface area contributed by atoms with Crippen LogP contribution in [0.2, 0.25) is 0 Å². The normalized spacial score (nSPS) is 19.8. The van der Waals surface area contributed by atoms with Gasteiger partial charge < -0.3 is 24.3 Å². The van der Waals surface area contributed by atoms with Crippen molar-refractivity contribution in [2.24, 2.45) is 0 Å². The van der Waals surface area contributed by atoms with Crippen LogP contribution in [0.1, 0.15) is 34.5 Å². The second kappa shape index (κ2) is 6.53.